The van der Waals surface area contributed by atoms with Crippen molar-refractivity contribution < 1.29 is 4.74 Å². The van der Waals surface area contributed by atoms with Crippen molar-refractivity contribution in [2.45, 2.75) is 20.0 Å². The van der Waals surface area contributed by atoms with E-state index in [-0.39, 0.29) is 0 Å². The number of nitrogens with two attached hydrogens (primary N) is 1. The highest BCUT2D eigenvalue weighted by Gasteiger charge is 2.07. The molecule has 0 radical (unpaired) electrons. The number of rotatable bonds is 4. The number of aryl methyl sites for hydroxylation is 2. The highest BCUT2D eigenvalue weighted by molar-refractivity contribution is 9.10. The van der Waals surface area contributed by atoms with Crippen LogP contribution < -0.4 is 10.5 Å². The molecular weight excluding hydrogens is 294 g/mol. The molecule has 96 valence electrons. The van der Waals surface area contributed by atoms with Crippen molar-refractivity contribution in [2.75, 3.05) is 5.73 Å². The Hall–Kier alpha value is -1.49. The molecule has 0 aliphatic heterocycles. The van der Waals surface area contributed by atoms with Crippen LogP contribution in [0.5, 0.6) is 5.75 Å². The molecule has 2 rings (SSSR count). The van der Waals surface area contributed by atoms with E-state index in [0.29, 0.717) is 12.3 Å². The van der Waals surface area contributed by atoms with Crippen molar-refractivity contribution in [3.8, 4) is 5.75 Å². The summed E-state index contributed by atoms with van der Waals surface area (Å²) in [5.41, 5.74) is 8.59. The predicted molar refractivity (Wildman–Crippen MR) is 75.5 cm³/mol. The van der Waals surface area contributed by atoms with Crippen molar-refractivity contribution in [3.05, 3.63) is 40.1 Å². The average Bonchev–Trinajstić information content (AvgIpc) is 2.72. The van der Waals surface area contributed by atoms with Gasteiger partial charge in [-0.15, -0.1) is 0 Å². The number of hydrogen-bond donors (Lipinski definition) is 1. The lowest BCUT2D eigenvalue weighted by atomic mass is 10.3. The third-order valence-corrected chi connectivity index (χ3v) is 3.61. The minimum absolute atomic E-state index is 0.478. The van der Waals surface area contributed by atoms with Gasteiger partial charge in [0, 0.05) is 12.7 Å². The van der Waals surface area contributed by atoms with Crippen LogP contribution in [0.4, 0.5) is 5.69 Å². The monoisotopic (exact) mass is 309 g/mol. The normalized spacial score (nSPS) is 10.6. The molecule has 0 aliphatic rings. The molecule has 0 fully saturated rings. The van der Waals surface area contributed by atoms with E-state index in [0.717, 1.165) is 28.0 Å². The Balaban J connectivity index is 2.11. The van der Waals surface area contributed by atoms with Crippen molar-refractivity contribution in [2.24, 2.45) is 7.05 Å². The fraction of sp³-hybridized carbons (Fsp3) is 0.308. The SMILES string of the molecule is CCc1cc(COc2cccc(N)c2Br)n(C)n1. The molecule has 2 aromatic rings. The lowest BCUT2D eigenvalue weighted by Crippen LogP contribution is -2.03. The molecule has 0 amide bonds. The summed E-state index contributed by atoms with van der Waals surface area (Å²) in [6, 6.07) is 7.64. The maximum absolute atomic E-state index is 5.80. The van der Waals surface area contributed by atoms with Gasteiger partial charge in [0.25, 0.3) is 0 Å². The largest absolute Gasteiger partial charge is 0.486 e. The van der Waals surface area contributed by atoms with Crippen LogP contribution in [0.1, 0.15) is 18.3 Å². The molecule has 2 N–H and O–H groups in total. The molecule has 0 atom stereocenters. The predicted octanol–water partition coefficient (Wildman–Crippen LogP) is 2.91. The van der Waals surface area contributed by atoms with Gasteiger partial charge in [0.15, 0.2) is 0 Å². The smallest absolute Gasteiger partial charge is 0.136 e. The van der Waals surface area contributed by atoms with E-state index in [9.17, 15) is 0 Å². The van der Waals surface area contributed by atoms with Gasteiger partial charge in [-0.2, -0.15) is 5.10 Å². The Morgan fingerprint density at radius 3 is 2.89 bits per heavy atom. The van der Waals surface area contributed by atoms with E-state index in [4.69, 9.17) is 10.5 Å². The summed E-state index contributed by atoms with van der Waals surface area (Å²) in [6.07, 6.45) is 0.926. The number of halogens is 1. The Labute approximate surface area is 115 Å². The number of hydrogen-bond acceptors (Lipinski definition) is 3. The average molecular weight is 310 g/mol. The second kappa shape index (κ2) is 5.44. The third kappa shape index (κ3) is 2.67. The molecule has 0 aliphatic carbocycles. The molecule has 1 heterocycles. The number of aromatic nitrogens is 2. The summed E-state index contributed by atoms with van der Waals surface area (Å²) in [7, 11) is 1.92. The molecule has 4 nitrogen and oxygen atoms in total. The first kappa shape index (κ1) is 13.0. The summed E-state index contributed by atoms with van der Waals surface area (Å²) in [4.78, 5) is 0. The van der Waals surface area contributed by atoms with Crippen LogP contribution in [0.2, 0.25) is 0 Å². The van der Waals surface area contributed by atoms with Crippen LogP contribution in [-0.4, -0.2) is 9.78 Å². The van der Waals surface area contributed by atoms with E-state index in [1.54, 1.807) is 0 Å². The number of nitrogens with zero attached hydrogens (tertiary/aromatic N) is 2. The van der Waals surface area contributed by atoms with Gasteiger partial charge in [0.05, 0.1) is 15.9 Å². The quantitative estimate of drug-likeness (QED) is 0.884. The zero-order valence-electron chi connectivity index (χ0n) is 10.5. The lowest BCUT2D eigenvalue weighted by molar-refractivity contribution is 0.293. The molecule has 1 aromatic heterocycles. The van der Waals surface area contributed by atoms with E-state index < -0.39 is 0 Å². The van der Waals surface area contributed by atoms with Gasteiger partial charge in [-0.3, -0.25) is 4.68 Å². The standard InChI is InChI=1S/C13H16BrN3O/c1-3-9-7-10(17(2)16-9)8-18-12-6-4-5-11(15)13(12)14/h4-7H,3,8,15H2,1-2H3. The van der Waals surface area contributed by atoms with Gasteiger partial charge in [0.1, 0.15) is 12.4 Å². The summed E-state index contributed by atoms with van der Waals surface area (Å²) in [5, 5.41) is 4.38. The van der Waals surface area contributed by atoms with Crippen LogP contribution in [-0.2, 0) is 20.1 Å². The van der Waals surface area contributed by atoms with Crippen molar-refractivity contribution in [1.82, 2.24) is 9.78 Å². The molecule has 0 spiro atoms. The summed E-state index contributed by atoms with van der Waals surface area (Å²) >= 11 is 3.42. The van der Waals surface area contributed by atoms with E-state index >= 15 is 0 Å². The molecule has 5 heteroatoms. The van der Waals surface area contributed by atoms with Crippen LogP contribution in [0.3, 0.4) is 0 Å². The fourth-order valence-electron chi connectivity index (χ4n) is 1.67. The molecule has 0 unspecified atom stereocenters. The van der Waals surface area contributed by atoms with Crippen LogP contribution in [0, 0.1) is 0 Å². The van der Waals surface area contributed by atoms with Gasteiger partial charge in [0.2, 0.25) is 0 Å². The van der Waals surface area contributed by atoms with Gasteiger partial charge in [-0.1, -0.05) is 13.0 Å². The van der Waals surface area contributed by atoms with Gasteiger partial charge < -0.3 is 10.5 Å². The van der Waals surface area contributed by atoms with Gasteiger partial charge in [-0.05, 0) is 40.5 Å². The van der Waals surface area contributed by atoms with Crippen molar-refractivity contribution >= 4 is 21.6 Å². The summed E-state index contributed by atoms with van der Waals surface area (Å²) in [5.74, 6) is 0.745. The van der Waals surface area contributed by atoms with Crippen molar-refractivity contribution in [1.29, 1.82) is 0 Å². The second-order valence-electron chi connectivity index (χ2n) is 4.05. The second-order valence-corrected chi connectivity index (χ2v) is 4.85. The van der Waals surface area contributed by atoms with Gasteiger partial charge in [-0.25, -0.2) is 0 Å². The van der Waals surface area contributed by atoms with Crippen molar-refractivity contribution in [3.63, 3.8) is 0 Å². The molecule has 0 bridgehead atoms. The minimum Gasteiger partial charge on any atom is -0.486 e. The Morgan fingerprint density at radius 2 is 2.22 bits per heavy atom. The Kier molecular flexibility index (Phi) is 3.91. The van der Waals surface area contributed by atoms with E-state index in [1.165, 1.54) is 0 Å². The zero-order chi connectivity index (χ0) is 13.1. The molecular formula is C13H16BrN3O. The lowest BCUT2D eigenvalue weighted by Gasteiger charge is -2.09. The number of anilines is 1. The topological polar surface area (TPSA) is 53.1 Å². The van der Waals surface area contributed by atoms with Crippen LogP contribution in [0.15, 0.2) is 28.7 Å². The van der Waals surface area contributed by atoms with Crippen LogP contribution in [0.25, 0.3) is 0 Å². The summed E-state index contributed by atoms with van der Waals surface area (Å²) in [6.45, 7) is 2.56. The molecule has 18 heavy (non-hydrogen) atoms. The molecule has 0 saturated heterocycles. The number of ether oxygens (including phenoxy) is 1. The highest BCUT2D eigenvalue weighted by atomic mass is 79.9. The highest BCUT2D eigenvalue weighted by Crippen LogP contribution is 2.30. The van der Waals surface area contributed by atoms with E-state index in [1.807, 2.05) is 29.9 Å². The summed E-state index contributed by atoms with van der Waals surface area (Å²) < 4.78 is 8.40. The molecule has 1 aromatic carbocycles. The van der Waals surface area contributed by atoms with E-state index in [2.05, 4.69) is 34.0 Å². The number of benzene rings is 1. The fourth-order valence-corrected chi connectivity index (χ4v) is 2.05. The maximum atomic E-state index is 5.80. The molecule has 0 saturated carbocycles. The Morgan fingerprint density at radius 1 is 1.44 bits per heavy atom. The number of nitrogen functional groups attached to an aromatic ring is 1. The maximum Gasteiger partial charge on any atom is 0.136 e. The first-order valence-corrected chi connectivity index (χ1v) is 6.59. The first-order valence-electron chi connectivity index (χ1n) is 5.80. The van der Waals surface area contributed by atoms with Gasteiger partial charge >= 0.3 is 0 Å². The minimum atomic E-state index is 0.478. The third-order valence-electron chi connectivity index (χ3n) is 2.76. The Bertz CT molecular complexity index is 551. The van der Waals surface area contributed by atoms with Crippen LogP contribution >= 0.6 is 15.9 Å². The zero-order valence-corrected chi connectivity index (χ0v) is 12.1. The first-order chi connectivity index (χ1) is 8.61.